The zero-order chi connectivity index (χ0) is 16.9. The van der Waals surface area contributed by atoms with Crippen LogP contribution in [0.4, 0.5) is 0 Å². The molecule has 1 aliphatic rings. The van der Waals surface area contributed by atoms with Gasteiger partial charge in [0.2, 0.25) is 11.8 Å². The first-order valence-electron chi connectivity index (χ1n) is 8.27. The summed E-state index contributed by atoms with van der Waals surface area (Å²) in [7, 11) is 0. The van der Waals surface area contributed by atoms with Crippen LogP contribution in [0.1, 0.15) is 23.6 Å². The molecule has 0 saturated carbocycles. The molecule has 2 aromatic carbocycles. The second-order valence-corrected chi connectivity index (χ2v) is 6.19. The lowest BCUT2D eigenvalue weighted by Gasteiger charge is -2.31. The van der Waals surface area contributed by atoms with Crippen LogP contribution in [0.3, 0.4) is 0 Å². The summed E-state index contributed by atoms with van der Waals surface area (Å²) in [5.41, 5.74) is 3.55. The second kappa shape index (κ2) is 7.30. The van der Waals surface area contributed by atoms with Crippen molar-refractivity contribution >= 4 is 11.8 Å². The third-order valence-corrected chi connectivity index (χ3v) is 4.47. The zero-order valence-electron chi connectivity index (χ0n) is 13.9. The molecule has 3 rings (SSSR count). The van der Waals surface area contributed by atoms with Gasteiger partial charge in [0.25, 0.3) is 0 Å². The van der Waals surface area contributed by atoms with E-state index in [0.717, 1.165) is 12.0 Å². The topological polar surface area (TPSA) is 40.6 Å². The van der Waals surface area contributed by atoms with Crippen LogP contribution in [0.5, 0.6) is 0 Å². The maximum Gasteiger partial charge on any atom is 0.242 e. The number of nitrogens with zero attached hydrogens (tertiary/aromatic N) is 2. The molecule has 2 amide bonds. The van der Waals surface area contributed by atoms with Crippen molar-refractivity contribution < 1.29 is 9.59 Å². The Morgan fingerprint density at radius 1 is 1.00 bits per heavy atom. The fourth-order valence-electron chi connectivity index (χ4n) is 3.05. The quantitative estimate of drug-likeness (QED) is 0.868. The summed E-state index contributed by atoms with van der Waals surface area (Å²) in [5.74, 6) is -0.0692. The van der Waals surface area contributed by atoms with Crippen molar-refractivity contribution in [3.63, 3.8) is 0 Å². The lowest BCUT2D eigenvalue weighted by molar-refractivity contribution is -0.140. The van der Waals surface area contributed by atoms with Crippen molar-refractivity contribution in [2.75, 3.05) is 13.1 Å². The van der Waals surface area contributed by atoms with Gasteiger partial charge >= 0.3 is 0 Å². The summed E-state index contributed by atoms with van der Waals surface area (Å²) >= 11 is 0. The van der Waals surface area contributed by atoms with Crippen LogP contribution in [0.15, 0.2) is 54.6 Å². The normalized spacial score (nSPS) is 13.3. The highest BCUT2D eigenvalue weighted by Crippen LogP contribution is 2.18. The molecule has 1 heterocycles. The van der Waals surface area contributed by atoms with E-state index < -0.39 is 0 Å². The highest BCUT2D eigenvalue weighted by atomic mass is 16.2. The Hall–Kier alpha value is -2.62. The number of benzene rings is 2. The monoisotopic (exact) mass is 322 g/mol. The van der Waals surface area contributed by atoms with Gasteiger partial charge in [0.15, 0.2) is 0 Å². The number of rotatable bonds is 4. The molecule has 4 heteroatoms. The highest BCUT2D eigenvalue weighted by Gasteiger charge is 2.23. The van der Waals surface area contributed by atoms with E-state index >= 15 is 0 Å². The first-order chi connectivity index (χ1) is 11.6. The third kappa shape index (κ3) is 3.82. The smallest absolute Gasteiger partial charge is 0.242 e. The molecular weight excluding hydrogens is 300 g/mol. The molecule has 0 aliphatic carbocycles. The summed E-state index contributed by atoms with van der Waals surface area (Å²) in [4.78, 5) is 28.0. The predicted octanol–water partition coefficient (Wildman–Crippen LogP) is 2.62. The maximum absolute atomic E-state index is 12.6. The van der Waals surface area contributed by atoms with Crippen molar-refractivity contribution in [1.29, 1.82) is 0 Å². The standard InChI is InChI=1S/C20H22N2O2/c1-16(23)22(13-17-7-3-2-4-8-17)15-20(24)21-12-11-18-9-5-6-10-19(18)14-21/h2-10H,11-15H2,1H3. The summed E-state index contributed by atoms with van der Waals surface area (Å²) in [6.45, 7) is 3.46. The van der Waals surface area contributed by atoms with Crippen LogP contribution < -0.4 is 0 Å². The molecule has 0 atom stereocenters. The minimum absolute atomic E-state index is 0.00985. The molecule has 0 aromatic heterocycles. The van der Waals surface area contributed by atoms with Gasteiger partial charge in [-0.3, -0.25) is 9.59 Å². The van der Waals surface area contributed by atoms with Crippen LogP contribution in [0, 0.1) is 0 Å². The second-order valence-electron chi connectivity index (χ2n) is 6.19. The Balaban J connectivity index is 1.65. The predicted molar refractivity (Wildman–Crippen MR) is 93.1 cm³/mol. The molecule has 0 N–H and O–H groups in total. The van der Waals surface area contributed by atoms with E-state index in [0.29, 0.717) is 19.6 Å². The van der Waals surface area contributed by atoms with Crippen molar-refractivity contribution in [1.82, 2.24) is 9.80 Å². The van der Waals surface area contributed by atoms with Gasteiger partial charge < -0.3 is 9.80 Å². The maximum atomic E-state index is 12.6. The Morgan fingerprint density at radius 3 is 2.38 bits per heavy atom. The molecule has 0 fully saturated rings. The van der Waals surface area contributed by atoms with E-state index in [1.807, 2.05) is 47.4 Å². The number of carbonyl (C=O) groups is 2. The molecule has 4 nitrogen and oxygen atoms in total. The summed E-state index contributed by atoms with van der Waals surface area (Å²) in [6.07, 6.45) is 0.876. The van der Waals surface area contributed by atoms with Crippen LogP contribution in [0.25, 0.3) is 0 Å². The molecule has 0 saturated heterocycles. The molecule has 1 aliphatic heterocycles. The van der Waals surface area contributed by atoms with Gasteiger partial charge in [-0.1, -0.05) is 54.6 Å². The Morgan fingerprint density at radius 2 is 1.67 bits per heavy atom. The molecule has 124 valence electrons. The summed E-state index contributed by atoms with van der Waals surface area (Å²) in [5, 5.41) is 0. The highest BCUT2D eigenvalue weighted by molar-refractivity contribution is 5.84. The van der Waals surface area contributed by atoms with Gasteiger partial charge in [0.1, 0.15) is 6.54 Å². The molecule has 24 heavy (non-hydrogen) atoms. The summed E-state index contributed by atoms with van der Waals surface area (Å²) < 4.78 is 0. The molecule has 2 aromatic rings. The van der Waals surface area contributed by atoms with Gasteiger partial charge in [-0.2, -0.15) is 0 Å². The Kier molecular flexibility index (Phi) is 4.94. The first kappa shape index (κ1) is 16.2. The van der Waals surface area contributed by atoms with Crippen molar-refractivity contribution in [2.24, 2.45) is 0 Å². The van der Waals surface area contributed by atoms with Crippen LogP contribution >= 0.6 is 0 Å². The molecule has 0 spiro atoms. The van der Waals surface area contributed by atoms with Crippen molar-refractivity contribution in [2.45, 2.75) is 26.4 Å². The van der Waals surface area contributed by atoms with Crippen molar-refractivity contribution in [3.8, 4) is 0 Å². The fraction of sp³-hybridized carbons (Fsp3) is 0.300. The van der Waals surface area contributed by atoms with E-state index in [-0.39, 0.29) is 18.4 Å². The minimum atomic E-state index is -0.0791. The molecule has 0 unspecified atom stereocenters. The Labute approximate surface area is 142 Å². The lowest BCUT2D eigenvalue weighted by Crippen LogP contribution is -2.43. The van der Waals surface area contributed by atoms with Gasteiger partial charge in [-0.15, -0.1) is 0 Å². The SMILES string of the molecule is CC(=O)N(CC(=O)N1CCc2ccccc2C1)Cc1ccccc1. The Bertz CT molecular complexity index is 727. The fourth-order valence-corrected chi connectivity index (χ4v) is 3.05. The van der Waals surface area contributed by atoms with Gasteiger partial charge in [0.05, 0.1) is 0 Å². The zero-order valence-corrected chi connectivity index (χ0v) is 13.9. The van der Waals surface area contributed by atoms with E-state index in [1.165, 1.54) is 18.1 Å². The minimum Gasteiger partial charge on any atom is -0.336 e. The average Bonchev–Trinajstić information content (AvgIpc) is 2.61. The number of hydrogen-bond donors (Lipinski definition) is 0. The first-order valence-corrected chi connectivity index (χ1v) is 8.27. The van der Waals surface area contributed by atoms with E-state index in [2.05, 4.69) is 12.1 Å². The number of amides is 2. The number of hydrogen-bond acceptors (Lipinski definition) is 2. The van der Waals surface area contributed by atoms with E-state index in [9.17, 15) is 9.59 Å². The number of carbonyl (C=O) groups excluding carboxylic acids is 2. The van der Waals surface area contributed by atoms with Crippen LogP contribution in [-0.4, -0.2) is 34.7 Å². The van der Waals surface area contributed by atoms with Gasteiger partial charge in [-0.25, -0.2) is 0 Å². The summed E-state index contributed by atoms with van der Waals surface area (Å²) in [6, 6.07) is 18.0. The third-order valence-electron chi connectivity index (χ3n) is 4.47. The number of fused-ring (bicyclic) bond motifs is 1. The van der Waals surface area contributed by atoms with Crippen molar-refractivity contribution in [3.05, 3.63) is 71.3 Å². The van der Waals surface area contributed by atoms with E-state index in [1.54, 1.807) is 4.90 Å². The molecule has 0 bridgehead atoms. The van der Waals surface area contributed by atoms with E-state index in [4.69, 9.17) is 0 Å². The molecule has 0 radical (unpaired) electrons. The van der Waals surface area contributed by atoms with Gasteiger partial charge in [-0.05, 0) is 23.1 Å². The van der Waals surface area contributed by atoms with Gasteiger partial charge in [0, 0.05) is 26.6 Å². The average molecular weight is 322 g/mol. The molecular formula is C20H22N2O2. The van der Waals surface area contributed by atoms with Crippen LogP contribution in [-0.2, 0) is 29.1 Å². The van der Waals surface area contributed by atoms with Crippen LogP contribution in [0.2, 0.25) is 0 Å². The lowest BCUT2D eigenvalue weighted by atomic mass is 10.00. The largest absolute Gasteiger partial charge is 0.336 e.